The maximum Gasteiger partial charge on any atom is 0.351 e. The number of esters is 1. The van der Waals surface area contributed by atoms with E-state index in [0.717, 1.165) is 24.5 Å². The molecule has 0 radical (unpaired) electrons. The standard InChI is InChI=1S/C20H29N3O7.CH4O/c1-11(2)29-19(27)14-6-4-3-5-13(14)17(26)21-16-7-8-23(20(28)22-16)18-15(25)9-12(10-24)30-18;1-2/h7-8,11-15,18,24-25H,3-6,9-10H2,1-2H3,(H,21,22,26,28);2H,1H3. The van der Waals surface area contributed by atoms with E-state index in [4.69, 9.17) is 14.6 Å². The number of rotatable bonds is 6. The number of hydrogen-bond acceptors (Lipinski definition) is 9. The van der Waals surface area contributed by atoms with Crippen LogP contribution in [0.25, 0.3) is 0 Å². The van der Waals surface area contributed by atoms with Crippen LogP contribution in [-0.4, -0.2) is 68.8 Å². The van der Waals surface area contributed by atoms with Gasteiger partial charge in [-0.05, 0) is 32.8 Å². The smallest absolute Gasteiger partial charge is 0.351 e. The van der Waals surface area contributed by atoms with E-state index in [0.29, 0.717) is 12.8 Å². The maximum atomic E-state index is 12.8. The summed E-state index contributed by atoms with van der Waals surface area (Å²) in [6.07, 6.45) is 1.73. The molecule has 5 atom stereocenters. The first-order valence-corrected chi connectivity index (χ1v) is 10.8. The predicted octanol–water partition coefficient (Wildman–Crippen LogP) is 0.189. The summed E-state index contributed by atoms with van der Waals surface area (Å²) < 4.78 is 11.9. The molecule has 11 nitrogen and oxygen atoms in total. The van der Waals surface area contributed by atoms with Gasteiger partial charge in [0.1, 0.15) is 11.9 Å². The van der Waals surface area contributed by atoms with Crippen LogP contribution in [-0.2, 0) is 19.1 Å². The Balaban J connectivity index is 0.00000176. The molecule has 1 amide bonds. The fraction of sp³-hybridized carbons (Fsp3) is 0.714. The summed E-state index contributed by atoms with van der Waals surface area (Å²) in [5, 5.41) is 28.9. The maximum absolute atomic E-state index is 12.8. The van der Waals surface area contributed by atoms with E-state index in [9.17, 15) is 24.6 Å². The van der Waals surface area contributed by atoms with Gasteiger partial charge in [0.25, 0.3) is 0 Å². The third-order valence-corrected chi connectivity index (χ3v) is 5.48. The topological polar surface area (TPSA) is 160 Å². The van der Waals surface area contributed by atoms with E-state index >= 15 is 0 Å². The minimum absolute atomic E-state index is 0.0639. The minimum atomic E-state index is -0.947. The summed E-state index contributed by atoms with van der Waals surface area (Å²) in [6, 6.07) is 1.44. The number of ether oxygens (including phenoxy) is 2. The van der Waals surface area contributed by atoms with Crippen LogP contribution in [0.4, 0.5) is 5.82 Å². The van der Waals surface area contributed by atoms with Gasteiger partial charge >= 0.3 is 11.7 Å². The molecule has 4 N–H and O–H groups in total. The van der Waals surface area contributed by atoms with Crippen molar-refractivity contribution in [2.75, 3.05) is 19.0 Å². The zero-order chi connectivity index (χ0) is 23.8. The van der Waals surface area contributed by atoms with E-state index in [1.165, 1.54) is 12.3 Å². The third kappa shape index (κ3) is 6.35. The van der Waals surface area contributed by atoms with Gasteiger partial charge in [-0.15, -0.1) is 0 Å². The second-order valence-electron chi connectivity index (χ2n) is 8.11. The van der Waals surface area contributed by atoms with E-state index in [1.54, 1.807) is 13.8 Å². The molecular formula is C21H33N3O8. The van der Waals surface area contributed by atoms with Gasteiger partial charge in [-0.25, -0.2) is 4.79 Å². The molecule has 1 saturated heterocycles. The van der Waals surface area contributed by atoms with E-state index in [2.05, 4.69) is 10.3 Å². The highest BCUT2D eigenvalue weighted by atomic mass is 16.5. The number of nitrogens with one attached hydrogen (secondary N) is 1. The second-order valence-corrected chi connectivity index (χ2v) is 8.11. The van der Waals surface area contributed by atoms with E-state index in [-0.39, 0.29) is 36.8 Å². The van der Waals surface area contributed by atoms with Crippen LogP contribution in [0.1, 0.15) is 52.2 Å². The van der Waals surface area contributed by atoms with Crippen LogP contribution < -0.4 is 11.0 Å². The number of aromatic nitrogens is 2. The summed E-state index contributed by atoms with van der Waals surface area (Å²) in [7, 11) is 1.00. The average molecular weight is 456 g/mol. The van der Waals surface area contributed by atoms with Gasteiger partial charge < -0.3 is 30.1 Å². The lowest BCUT2D eigenvalue weighted by molar-refractivity contribution is -0.157. The SMILES string of the molecule is CC(C)OC(=O)C1CCCCC1C(=O)Nc1ccn(C2OC(CO)CC2O)c(=O)n1.CO. The molecule has 1 aliphatic heterocycles. The van der Waals surface area contributed by atoms with Crippen molar-refractivity contribution in [3.8, 4) is 0 Å². The summed E-state index contributed by atoms with van der Waals surface area (Å²) in [4.78, 5) is 41.4. The van der Waals surface area contributed by atoms with Crippen LogP contribution in [0.15, 0.2) is 17.1 Å². The molecule has 3 rings (SSSR count). The number of aliphatic hydroxyl groups is 3. The minimum Gasteiger partial charge on any atom is -0.463 e. The number of aliphatic hydroxyl groups excluding tert-OH is 3. The van der Waals surface area contributed by atoms with Crippen molar-refractivity contribution in [3.63, 3.8) is 0 Å². The lowest BCUT2D eigenvalue weighted by Crippen LogP contribution is -2.38. The summed E-state index contributed by atoms with van der Waals surface area (Å²) >= 11 is 0. The summed E-state index contributed by atoms with van der Waals surface area (Å²) in [6.45, 7) is 3.27. The fourth-order valence-corrected chi connectivity index (χ4v) is 4.04. The zero-order valence-electron chi connectivity index (χ0n) is 18.6. The Hall–Kier alpha value is -2.34. The molecule has 2 heterocycles. The molecule has 5 unspecified atom stereocenters. The van der Waals surface area contributed by atoms with Crippen molar-refractivity contribution < 1.29 is 34.4 Å². The first-order chi connectivity index (χ1) is 15.3. The Morgan fingerprint density at radius 3 is 2.50 bits per heavy atom. The van der Waals surface area contributed by atoms with Crippen LogP contribution >= 0.6 is 0 Å². The van der Waals surface area contributed by atoms with Crippen molar-refractivity contribution >= 4 is 17.7 Å². The molecule has 1 saturated carbocycles. The second kappa shape index (κ2) is 12.0. The third-order valence-electron chi connectivity index (χ3n) is 5.48. The molecule has 180 valence electrons. The number of anilines is 1. The molecule has 1 aromatic heterocycles. The largest absolute Gasteiger partial charge is 0.463 e. The Morgan fingerprint density at radius 1 is 1.28 bits per heavy atom. The molecule has 0 aromatic carbocycles. The normalized spacial score (nSPS) is 27.4. The van der Waals surface area contributed by atoms with E-state index in [1.807, 2.05) is 0 Å². The van der Waals surface area contributed by atoms with Gasteiger partial charge in [-0.1, -0.05) is 12.8 Å². The first-order valence-electron chi connectivity index (χ1n) is 10.8. The van der Waals surface area contributed by atoms with Crippen LogP contribution in [0.3, 0.4) is 0 Å². The van der Waals surface area contributed by atoms with Gasteiger partial charge in [0, 0.05) is 19.7 Å². The Morgan fingerprint density at radius 2 is 1.94 bits per heavy atom. The number of amides is 1. The Bertz CT molecular complexity index is 828. The Labute approximate surface area is 186 Å². The number of nitrogens with zero attached hydrogens (tertiary/aromatic N) is 2. The van der Waals surface area contributed by atoms with Crippen molar-refractivity contribution in [2.45, 2.75) is 70.5 Å². The number of hydrogen-bond donors (Lipinski definition) is 4. The highest BCUT2D eigenvalue weighted by Gasteiger charge is 2.38. The highest BCUT2D eigenvalue weighted by Crippen LogP contribution is 2.32. The molecule has 0 spiro atoms. The van der Waals surface area contributed by atoms with Crippen molar-refractivity contribution in [1.82, 2.24) is 9.55 Å². The van der Waals surface area contributed by atoms with Crippen molar-refractivity contribution in [3.05, 3.63) is 22.7 Å². The fourth-order valence-electron chi connectivity index (χ4n) is 4.04. The van der Waals surface area contributed by atoms with E-state index < -0.39 is 36.0 Å². The monoisotopic (exact) mass is 455 g/mol. The quantitative estimate of drug-likeness (QED) is 0.439. The molecule has 32 heavy (non-hydrogen) atoms. The molecule has 2 fully saturated rings. The summed E-state index contributed by atoms with van der Waals surface area (Å²) in [5.74, 6) is -1.74. The number of carbonyl (C=O) groups excluding carboxylic acids is 2. The van der Waals surface area contributed by atoms with Gasteiger partial charge in [-0.3, -0.25) is 14.2 Å². The highest BCUT2D eigenvalue weighted by molar-refractivity contribution is 5.94. The molecule has 11 heteroatoms. The average Bonchev–Trinajstić information content (AvgIpc) is 3.15. The molecule has 0 bridgehead atoms. The summed E-state index contributed by atoms with van der Waals surface area (Å²) in [5.41, 5.74) is -0.699. The van der Waals surface area contributed by atoms with Gasteiger partial charge in [0.15, 0.2) is 6.23 Å². The molecular weight excluding hydrogens is 422 g/mol. The van der Waals surface area contributed by atoms with Crippen LogP contribution in [0, 0.1) is 11.8 Å². The number of carbonyl (C=O) groups is 2. The van der Waals surface area contributed by atoms with Gasteiger partial charge in [0.05, 0.1) is 30.7 Å². The molecule has 1 aliphatic carbocycles. The van der Waals surface area contributed by atoms with Crippen LogP contribution in [0.5, 0.6) is 0 Å². The predicted molar refractivity (Wildman–Crippen MR) is 114 cm³/mol. The van der Waals surface area contributed by atoms with Crippen LogP contribution in [0.2, 0.25) is 0 Å². The van der Waals surface area contributed by atoms with Gasteiger partial charge in [-0.2, -0.15) is 4.98 Å². The molecule has 1 aromatic rings. The van der Waals surface area contributed by atoms with Crippen molar-refractivity contribution in [1.29, 1.82) is 0 Å². The van der Waals surface area contributed by atoms with Gasteiger partial charge in [0.2, 0.25) is 5.91 Å². The first kappa shape index (κ1) is 25.9. The lowest BCUT2D eigenvalue weighted by atomic mass is 9.78. The lowest BCUT2D eigenvalue weighted by Gasteiger charge is -2.29. The van der Waals surface area contributed by atoms with Crippen molar-refractivity contribution in [2.24, 2.45) is 11.8 Å². The zero-order valence-corrected chi connectivity index (χ0v) is 18.6. The molecule has 2 aliphatic rings. The Kier molecular flexibility index (Phi) is 9.76.